The van der Waals surface area contributed by atoms with Crippen molar-refractivity contribution in [1.29, 1.82) is 5.26 Å². The number of rotatable bonds is 7. The highest BCUT2D eigenvalue weighted by Crippen LogP contribution is 2.32. The van der Waals surface area contributed by atoms with Gasteiger partial charge in [0.05, 0.1) is 34.0 Å². The highest BCUT2D eigenvalue weighted by atomic mass is 32.2. The SMILES string of the molecule is CC(C)c1cccc(C(C)C)c1NC(=O)CSc1nc2ccccc2c(=O)n1-c1ccc(C#N)cc1. The second-order valence-electron chi connectivity index (χ2n) is 9.17. The second-order valence-corrected chi connectivity index (χ2v) is 10.1. The van der Waals surface area contributed by atoms with Crippen molar-refractivity contribution < 1.29 is 4.79 Å². The number of nitriles is 1. The molecule has 6 nitrogen and oxygen atoms in total. The topological polar surface area (TPSA) is 87.8 Å². The van der Waals surface area contributed by atoms with Gasteiger partial charge in [0.25, 0.3) is 5.56 Å². The molecular formula is C29H28N4O2S. The van der Waals surface area contributed by atoms with Crippen LogP contribution in [0, 0.1) is 11.3 Å². The van der Waals surface area contributed by atoms with Crippen molar-refractivity contribution in [2.75, 3.05) is 11.1 Å². The van der Waals surface area contributed by atoms with Gasteiger partial charge in [-0.1, -0.05) is 69.8 Å². The van der Waals surface area contributed by atoms with Crippen LogP contribution in [0.1, 0.15) is 56.2 Å². The lowest BCUT2D eigenvalue weighted by Crippen LogP contribution is -2.23. The number of anilines is 1. The number of nitrogens with one attached hydrogen (secondary N) is 1. The van der Waals surface area contributed by atoms with E-state index in [9.17, 15) is 9.59 Å². The molecule has 1 aromatic heterocycles. The van der Waals surface area contributed by atoms with E-state index in [1.54, 1.807) is 42.5 Å². The molecule has 0 saturated heterocycles. The first-order valence-corrected chi connectivity index (χ1v) is 12.9. The van der Waals surface area contributed by atoms with Crippen LogP contribution < -0.4 is 10.9 Å². The summed E-state index contributed by atoms with van der Waals surface area (Å²) < 4.78 is 1.50. The molecule has 0 atom stereocenters. The lowest BCUT2D eigenvalue weighted by molar-refractivity contribution is -0.113. The van der Waals surface area contributed by atoms with E-state index in [0.717, 1.165) is 16.8 Å². The molecule has 1 N–H and O–H groups in total. The van der Waals surface area contributed by atoms with E-state index in [1.807, 2.05) is 24.3 Å². The Morgan fingerprint density at radius 2 is 1.61 bits per heavy atom. The molecule has 1 heterocycles. The van der Waals surface area contributed by atoms with E-state index < -0.39 is 0 Å². The Bertz CT molecular complexity index is 1490. The van der Waals surface area contributed by atoms with Crippen LogP contribution in [-0.4, -0.2) is 21.2 Å². The van der Waals surface area contributed by atoms with Crippen molar-refractivity contribution in [3.8, 4) is 11.8 Å². The lowest BCUT2D eigenvalue weighted by atomic mass is 9.92. The Hall–Kier alpha value is -3.89. The van der Waals surface area contributed by atoms with Gasteiger partial charge in [-0.3, -0.25) is 14.2 Å². The number of carbonyl (C=O) groups excluding carboxylic acids is 1. The molecule has 182 valence electrons. The minimum absolute atomic E-state index is 0.0883. The smallest absolute Gasteiger partial charge is 0.266 e. The summed E-state index contributed by atoms with van der Waals surface area (Å²) >= 11 is 1.21. The van der Waals surface area contributed by atoms with Crippen molar-refractivity contribution >= 4 is 34.3 Å². The zero-order chi connectivity index (χ0) is 25.8. The highest BCUT2D eigenvalue weighted by molar-refractivity contribution is 7.99. The quantitative estimate of drug-likeness (QED) is 0.242. The number of para-hydroxylation sites is 2. The number of carbonyl (C=O) groups is 1. The third kappa shape index (κ3) is 5.19. The largest absolute Gasteiger partial charge is 0.325 e. The molecule has 0 spiro atoms. The Labute approximate surface area is 215 Å². The van der Waals surface area contributed by atoms with Crippen LogP contribution in [0.3, 0.4) is 0 Å². The molecule has 36 heavy (non-hydrogen) atoms. The number of benzene rings is 3. The first-order valence-electron chi connectivity index (χ1n) is 11.9. The van der Waals surface area contributed by atoms with Crippen LogP contribution in [-0.2, 0) is 4.79 Å². The van der Waals surface area contributed by atoms with Crippen LogP contribution in [0.15, 0.2) is 76.7 Å². The minimum Gasteiger partial charge on any atom is -0.325 e. The lowest BCUT2D eigenvalue weighted by Gasteiger charge is -2.20. The predicted octanol–water partition coefficient (Wildman–Crippen LogP) is 6.23. The van der Waals surface area contributed by atoms with Crippen LogP contribution >= 0.6 is 11.8 Å². The van der Waals surface area contributed by atoms with Gasteiger partial charge in [-0.05, 0) is 59.4 Å². The van der Waals surface area contributed by atoms with Crippen LogP contribution in [0.25, 0.3) is 16.6 Å². The first kappa shape index (κ1) is 25.2. The molecule has 0 unspecified atom stereocenters. The summed E-state index contributed by atoms with van der Waals surface area (Å²) in [6, 6.07) is 22.1. The van der Waals surface area contributed by atoms with Crippen molar-refractivity contribution in [2.24, 2.45) is 0 Å². The predicted molar refractivity (Wildman–Crippen MR) is 146 cm³/mol. The number of fused-ring (bicyclic) bond motifs is 1. The van der Waals surface area contributed by atoms with Crippen molar-refractivity contribution in [1.82, 2.24) is 9.55 Å². The molecular weight excluding hydrogens is 468 g/mol. The highest BCUT2D eigenvalue weighted by Gasteiger charge is 2.18. The minimum atomic E-state index is -0.222. The van der Waals surface area contributed by atoms with Gasteiger partial charge in [-0.15, -0.1) is 0 Å². The van der Waals surface area contributed by atoms with Gasteiger partial charge in [0.1, 0.15) is 0 Å². The molecule has 0 fully saturated rings. The van der Waals surface area contributed by atoms with Gasteiger partial charge in [0.2, 0.25) is 5.91 Å². The maximum absolute atomic E-state index is 13.4. The molecule has 3 aromatic carbocycles. The molecule has 4 rings (SSSR count). The molecule has 0 radical (unpaired) electrons. The van der Waals surface area contributed by atoms with E-state index >= 15 is 0 Å². The summed E-state index contributed by atoms with van der Waals surface area (Å²) in [5.41, 5.74) is 4.49. The van der Waals surface area contributed by atoms with Gasteiger partial charge < -0.3 is 5.32 Å². The molecule has 0 saturated carbocycles. The van der Waals surface area contributed by atoms with E-state index in [2.05, 4.69) is 39.1 Å². The van der Waals surface area contributed by atoms with Crippen LogP contribution in [0.5, 0.6) is 0 Å². The summed E-state index contributed by atoms with van der Waals surface area (Å²) in [6.07, 6.45) is 0. The van der Waals surface area contributed by atoms with Crippen molar-refractivity contribution in [2.45, 2.75) is 44.7 Å². The van der Waals surface area contributed by atoms with E-state index in [1.165, 1.54) is 16.3 Å². The zero-order valence-electron chi connectivity index (χ0n) is 20.8. The number of aromatic nitrogens is 2. The third-order valence-corrected chi connectivity index (χ3v) is 6.91. The summed E-state index contributed by atoms with van der Waals surface area (Å²) in [5, 5.41) is 13.2. The number of nitrogens with zero attached hydrogens (tertiary/aromatic N) is 3. The Morgan fingerprint density at radius 3 is 2.22 bits per heavy atom. The molecule has 0 bridgehead atoms. The standard InChI is InChI=1S/C29H28N4O2S/c1-18(2)22-9-7-10-23(19(3)4)27(22)32-26(34)17-36-29-31-25-11-6-5-8-24(25)28(35)33(29)21-14-12-20(16-30)13-15-21/h5-15,18-19H,17H2,1-4H3,(H,32,34). The molecule has 0 aliphatic heterocycles. The fourth-order valence-corrected chi connectivity index (χ4v) is 4.94. The average molecular weight is 497 g/mol. The fraction of sp³-hybridized carbons (Fsp3) is 0.241. The van der Waals surface area contributed by atoms with E-state index in [0.29, 0.717) is 27.3 Å². The van der Waals surface area contributed by atoms with Gasteiger partial charge in [-0.25, -0.2) is 4.98 Å². The molecule has 4 aromatic rings. The summed E-state index contributed by atoms with van der Waals surface area (Å²) in [6.45, 7) is 8.44. The number of thioether (sulfide) groups is 1. The molecule has 0 aliphatic carbocycles. The third-order valence-electron chi connectivity index (χ3n) is 5.97. The van der Waals surface area contributed by atoms with Crippen LogP contribution in [0.4, 0.5) is 5.69 Å². The summed E-state index contributed by atoms with van der Waals surface area (Å²) in [4.78, 5) is 31.3. The maximum atomic E-state index is 13.4. The van der Waals surface area contributed by atoms with Gasteiger partial charge >= 0.3 is 0 Å². The number of amides is 1. The molecule has 7 heteroatoms. The molecule has 1 amide bonds. The Morgan fingerprint density at radius 1 is 0.972 bits per heavy atom. The number of hydrogen-bond acceptors (Lipinski definition) is 5. The van der Waals surface area contributed by atoms with E-state index in [4.69, 9.17) is 10.2 Å². The Balaban J connectivity index is 1.68. The molecule has 0 aliphatic rings. The Kier molecular flexibility index (Phi) is 7.56. The summed E-state index contributed by atoms with van der Waals surface area (Å²) in [5.74, 6) is 0.444. The maximum Gasteiger partial charge on any atom is 0.266 e. The zero-order valence-corrected chi connectivity index (χ0v) is 21.6. The van der Waals surface area contributed by atoms with Crippen molar-refractivity contribution in [3.05, 3.63) is 93.8 Å². The number of hydrogen-bond donors (Lipinski definition) is 1. The van der Waals surface area contributed by atoms with Crippen molar-refractivity contribution in [3.63, 3.8) is 0 Å². The van der Waals surface area contributed by atoms with Gasteiger partial charge in [0.15, 0.2) is 5.16 Å². The first-order chi connectivity index (χ1) is 17.3. The normalized spacial score (nSPS) is 11.1. The fourth-order valence-electron chi connectivity index (χ4n) is 4.12. The summed E-state index contributed by atoms with van der Waals surface area (Å²) in [7, 11) is 0. The average Bonchev–Trinajstić information content (AvgIpc) is 2.87. The monoisotopic (exact) mass is 496 g/mol. The van der Waals surface area contributed by atoms with Crippen LogP contribution in [0.2, 0.25) is 0 Å². The van der Waals surface area contributed by atoms with Gasteiger partial charge in [0, 0.05) is 5.69 Å². The second kappa shape index (κ2) is 10.8. The van der Waals surface area contributed by atoms with Gasteiger partial charge in [-0.2, -0.15) is 5.26 Å². The van der Waals surface area contributed by atoms with E-state index in [-0.39, 0.29) is 29.1 Å².